The largest absolute Gasteiger partial charge is 0.356 e. The summed E-state index contributed by atoms with van der Waals surface area (Å²) in [6, 6.07) is 2.13. The van der Waals surface area contributed by atoms with Gasteiger partial charge in [-0.3, -0.25) is 0 Å². The van der Waals surface area contributed by atoms with Gasteiger partial charge in [0.15, 0.2) is 0 Å². The lowest BCUT2D eigenvalue weighted by Crippen LogP contribution is -2.24. The van der Waals surface area contributed by atoms with Crippen molar-refractivity contribution in [1.29, 1.82) is 0 Å². The lowest BCUT2D eigenvalue weighted by atomic mass is 10.0. The first kappa shape index (κ1) is 10.3. The van der Waals surface area contributed by atoms with Gasteiger partial charge in [0.05, 0.1) is 0 Å². The van der Waals surface area contributed by atoms with E-state index in [-0.39, 0.29) is 0 Å². The summed E-state index contributed by atoms with van der Waals surface area (Å²) in [5.41, 5.74) is 1.02. The predicted octanol–water partition coefficient (Wildman–Crippen LogP) is 1.67. The average Bonchev–Trinajstić information content (AvgIpc) is 3.01. The second-order valence-corrected chi connectivity index (χ2v) is 5.58. The highest BCUT2D eigenvalue weighted by molar-refractivity contribution is 5.48. The Bertz CT molecular complexity index is 578. The van der Waals surface area contributed by atoms with E-state index in [1.54, 1.807) is 6.33 Å². The summed E-state index contributed by atoms with van der Waals surface area (Å²) in [5.74, 6) is 3.64. The molecule has 2 aromatic rings. The van der Waals surface area contributed by atoms with Crippen molar-refractivity contribution in [1.82, 2.24) is 19.6 Å². The molecule has 3 heterocycles. The van der Waals surface area contributed by atoms with Crippen LogP contribution in [0.1, 0.15) is 25.0 Å². The third-order valence-electron chi connectivity index (χ3n) is 4.41. The summed E-state index contributed by atoms with van der Waals surface area (Å²) < 4.78 is 1.87. The van der Waals surface area contributed by atoms with Gasteiger partial charge >= 0.3 is 0 Å². The van der Waals surface area contributed by atoms with E-state index in [0.29, 0.717) is 5.78 Å². The minimum absolute atomic E-state index is 0.710. The molecule has 5 nitrogen and oxygen atoms in total. The molecule has 0 radical (unpaired) electrons. The van der Waals surface area contributed by atoms with Crippen molar-refractivity contribution >= 4 is 11.6 Å². The molecule has 1 saturated heterocycles. The predicted molar refractivity (Wildman–Crippen MR) is 68.6 cm³/mol. The summed E-state index contributed by atoms with van der Waals surface area (Å²) in [7, 11) is 0. The van der Waals surface area contributed by atoms with Crippen LogP contribution >= 0.6 is 0 Å². The van der Waals surface area contributed by atoms with Crippen LogP contribution in [-0.2, 0) is 0 Å². The molecule has 2 aliphatic rings. The molecule has 2 aromatic heterocycles. The van der Waals surface area contributed by atoms with E-state index in [9.17, 15) is 0 Å². The number of fused-ring (bicyclic) bond motifs is 2. The lowest BCUT2D eigenvalue weighted by Gasteiger charge is -2.20. The molecule has 4 rings (SSSR count). The third-order valence-corrected chi connectivity index (χ3v) is 4.41. The molecule has 0 aromatic carbocycles. The van der Waals surface area contributed by atoms with Gasteiger partial charge < -0.3 is 4.90 Å². The summed E-state index contributed by atoms with van der Waals surface area (Å²) in [4.78, 5) is 11.1. The van der Waals surface area contributed by atoms with E-state index in [4.69, 9.17) is 0 Å². The maximum Gasteiger partial charge on any atom is 0.254 e. The van der Waals surface area contributed by atoms with Crippen LogP contribution in [0.4, 0.5) is 5.82 Å². The van der Waals surface area contributed by atoms with Crippen LogP contribution in [0.3, 0.4) is 0 Å². The zero-order chi connectivity index (χ0) is 12.1. The third kappa shape index (κ3) is 1.43. The fraction of sp³-hybridized carbons (Fsp3) is 0.615. The number of hydrogen-bond donors (Lipinski definition) is 0. The molecule has 2 atom stereocenters. The first-order valence-electron chi connectivity index (χ1n) is 6.73. The van der Waals surface area contributed by atoms with Crippen molar-refractivity contribution in [2.45, 2.75) is 26.2 Å². The molecule has 0 unspecified atom stereocenters. The fourth-order valence-electron chi connectivity index (χ4n) is 3.56. The summed E-state index contributed by atoms with van der Waals surface area (Å²) in [6.45, 7) is 4.36. The number of aryl methyl sites for hydroxylation is 1. The Hall–Kier alpha value is -1.65. The molecule has 94 valence electrons. The van der Waals surface area contributed by atoms with Crippen molar-refractivity contribution in [2.24, 2.45) is 11.8 Å². The molecule has 1 aliphatic carbocycles. The topological polar surface area (TPSA) is 46.3 Å². The maximum atomic E-state index is 4.40. The molecule has 0 bridgehead atoms. The highest BCUT2D eigenvalue weighted by Crippen LogP contribution is 2.39. The summed E-state index contributed by atoms with van der Waals surface area (Å²) >= 11 is 0. The Morgan fingerprint density at radius 3 is 2.78 bits per heavy atom. The Morgan fingerprint density at radius 1 is 1.22 bits per heavy atom. The molecule has 1 saturated carbocycles. The van der Waals surface area contributed by atoms with Crippen molar-refractivity contribution in [3.05, 3.63) is 18.1 Å². The number of nitrogens with zero attached hydrogens (tertiary/aromatic N) is 5. The Morgan fingerprint density at radius 2 is 2.00 bits per heavy atom. The van der Waals surface area contributed by atoms with E-state index in [1.165, 1.54) is 32.4 Å². The van der Waals surface area contributed by atoms with Crippen LogP contribution in [0.15, 0.2) is 12.4 Å². The first-order chi connectivity index (χ1) is 8.81. The highest BCUT2D eigenvalue weighted by atomic mass is 15.4. The van der Waals surface area contributed by atoms with Gasteiger partial charge in [0.2, 0.25) is 0 Å². The van der Waals surface area contributed by atoms with Gasteiger partial charge in [0.1, 0.15) is 12.1 Å². The minimum Gasteiger partial charge on any atom is -0.356 e. The number of aromatic nitrogens is 4. The number of anilines is 1. The van der Waals surface area contributed by atoms with Gasteiger partial charge in [-0.25, -0.2) is 4.98 Å². The van der Waals surface area contributed by atoms with E-state index >= 15 is 0 Å². The van der Waals surface area contributed by atoms with Gasteiger partial charge in [-0.2, -0.15) is 14.6 Å². The zero-order valence-electron chi connectivity index (χ0n) is 10.6. The molecule has 2 fully saturated rings. The number of rotatable bonds is 1. The van der Waals surface area contributed by atoms with Crippen LogP contribution in [0, 0.1) is 18.8 Å². The van der Waals surface area contributed by atoms with Crippen molar-refractivity contribution < 1.29 is 0 Å². The van der Waals surface area contributed by atoms with Gasteiger partial charge in [0, 0.05) is 24.8 Å². The summed E-state index contributed by atoms with van der Waals surface area (Å²) in [5, 5.41) is 4.30. The second-order valence-electron chi connectivity index (χ2n) is 5.58. The highest BCUT2D eigenvalue weighted by Gasteiger charge is 2.37. The van der Waals surface area contributed by atoms with E-state index < -0.39 is 0 Å². The van der Waals surface area contributed by atoms with E-state index in [2.05, 4.69) is 26.0 Å². The van der Waals surface area contributed by atoms with Crippen LogP contribution in [0.25, 0.3) is 5.78 Å². The van der Waals surface area contributed by atoms with E-state index in [0.717, 1.165) is 23.3 Å². The molecule has 18 heavy (non-hydrogen) atoms. The van der Waals surface area contributed by atoms with E-state index in [1.807, 2.05) is 11.4 Å². The fourth-order valence-corrected chi connectivity index (χ4v) is 3.56. The van der Waals surface area contributed by atoms with Crippen molar-refractivity contribution in [2.75, 3.05) is 18.0 Å². The average molecular weight is 243 g/mol. The smallest absolute Gasteiger partial charge is 0.254 e. The Kier molecular flexibility index (Phi) is 2.10. The molecule has 0 amide bonds. The van der Waals surface area contributed by atoms with Gasteiger partial charge in [0.25, 0.3) is 5.78 Å². The Labute approximate surface area is 106 Å². The molecule has 0 N–H and O–H groups in total. The van der Waals surface area contributed by atoms with Gasteiger partial charge in [-0.1, -0.05) is 6.42 Å². The molecular formula is C13H17N5. The van der Waals surface area contributed by atoms with Gasteiger partial charge in [-0.15, -0.1) is 0 Å². The molecule has 0 spiro atoms. The first-order valence-corrected chi connectivity index (χ1v) is 6.73. The summed E-state index contributed by atoms with van der Waals surface area (Å²) in [6.07, 6.45) is 5.79. The maximum absolute atomic E-state index is 4.40. The lowest BCUT2D eigenvalue weighted by molar-refractivity contribution is 0.494. The standard InChI is InChI=1S/C13H17N5/c1-9-5-12(18-13(16-9)14-8-15-18)17-6-10-3-2-4-11(10)7-17/h5,8,10-11H,2-4,6-7H2,1H3/t10-,11-/m0/s1. The number of hydrogen-bond acceptors (Lipinski definition) is 4. The SMILES string of the molecule is Cc1cc(N2C[C@@H]3CCC[C@H]3C2)n2ncnc2n1. The minimum atomic E-state index is 0.710. The molecule has 5 heteroatoms. The quantitative estimate of drug-likeness (QED) is 0.764. The van der Waals surface area contributed by atoms with Crippen LogP contribution < -0.4 is 4.90 Å². The molecule has 1 aliphatic heterocycles. The Balaban J connectivity index is 1.76. The van der Waals surface area contributed by atoms with Crippen molar-refractivity contribution in [3.63, 3.8) is 0 Å². The second kappa shape index (κ2) is 3.67. The normalized spacial score (nSPS) is 27.1. The molecular weight excluding hydrogens is 226 g/mol. The van der Waals surface area contributed by atoms with Gasteiger partial charge in [-0.05, 0) is 31.6 Å². The van der Waals surface area contributed by atoms with Crippen LogP contribution in [0.5, 0.6) is 0 Å². The monoisotopic (exact) mass is 243 g/mol. The van der Waals surface area contributed by atoms with Crippen LogP contribution in [-0.4, -0.2) is 32.7 Å². The van der Waals surface area contributed by atoms with Crippen LogP contribution in [0.2, 0.25) is 0 Å². The zero-order valence-corrected chi connectivity index (χ0v) is 10.6. The van der Waals surface area contributed by atoms with Crippen molar-refractivity contribution in [3.8, 4) is 0 Å².